The van der Waals surface area contributed by atoms with E-state index in [1.165, 1.54) is 5.56 Å². The monoisotopic (exact) mass is 190 g/mol. The summed E-state index contributed by atoms with van der Waals surface area (Å²) in [6.45, 7) is 8.41. The zero-order chi connectivity index (χ0) is 10.6. The van der Waals surface area contributed by atoms with Crippen LogP contribution in [0.3, 0.4) is 0 Å². The molecule has 0 fully saturated rings. The van der Waals surface area contributed by atoms with E-state index in [4.69, 9.17) is 4.74 Å². The van der Waals surface area contributed by atoms with E-state index in [1.807, 2.05) is 26.0 Å². The standard InChI is InChI=1S/C13H18O/c1-10(2)9-14-13-7-5-12(6-8-13)11(3)4/h5-9,11H,1-4H3. The number of hydrogen-bond acceptors (Lipinski definition) is 1. The first-order chi connectivity index (χ1) is 6.59. The molecule has 0 aliphatic heterocycles. The van der Waals surface area contributed by atoms with E-state index in [1.54, 1.807) is 6.26 Å². The highest BCUT2D eigenvalue weighted by Gasteiger charge is 1.98. The van der Waals surface area contributed by atoms with Gasteiger partial charge < -0.3 is 4.74 Å². The number of ether oxygens (including phenoxy) is 1. The summed E-state index contributed by atoms with van der Waals surface area (Å²) in [6.07, 6.45) is 1.77. The Hall–Kier alpha value is -1.24. The smallest absolute Gasteiger partial charge is 0.126 e. The van der Waals surface area contributed by atoms with Crippen LogP contribution in [0.4, 0.5) is 0 Å². The zero-order valence-corrected chi connectivity index (χ0v) is 9.37. The second-order valence-electron chi connectivity index (χ2n) is 4.04. The minimum Gasteiger partial charge on any atom is -0.465 e. The third-order valence-corrected chi connectivity index (χ3v) is 1.98. The first kappa shape index (κ1) is 10.8. The maximum absolute atomic E-state index is 5.44. The Morgan fingerprint density at radius 3 is 2.14 bits per heavy atom. The molecule has 1 heteroatoms. The largest absolute Gasteiger partial charge is 0.465 e. The normalized spacial score (nSPS) is 10.1. The highest BCUT2D eigenvalue weighted by atomic mass is 16.5. The number of hydrogen-bond donors (Lipinski definition) is 0. The van der Waals surface area contributed by atoms with Gasteiger partial charge in [0.05, 0.1) is 6.26 Å². The van der Waals surface area contributed by atoms with Crippen LogP contribution in [0, 0.1) is 0 Å². The molecule has 0 unspecified atom stereocenters. The zero-order valence-electron chi connectivity index (χ0n) is 9.37. The molecule has 0 aliphatic carbocycles. The molecule has 1 aromatic carbocycles. The predicted molar refractivity (Wildman–Crippen MR) is 60.6 cm³/mol. The van der Waals surface area contributed by atoms with E-state index in [-0.39, 0.29) is 0 Å². The van der Waals surface area contributed by atoms with E-state index in [2.05, 4.69) is 26.0 Å². The summed E-state index contributed by atoms with van der Waals surface area (Å²) in [7, 11) is 0. The van der Waals surface area contributed by atoms with E-state index >= 15 is 0 Å². The van der Waals surface area contributed by atoms with Crippen molar-refractivity contribution < 1.29 is 4.74 Å². The highest BCUT2D eigenvalue weighted by Crippen LogP contribution is 2.18. The molecule has 1 aromatic rings. The minimum absolute atomic E-state index is 0.576. The van der Waals surface area contributed by atoms with E-state index < -0.39 is 0 Å². The van der Waals surface area contributed by atoms with Gasteiger partial charge in [0.2, 0.25) is 0 Å². The Morgan fingerprint density at radius 1 is 1.14 bits per heavy atom. The van der Waals surface area contributed by atoms with Gasteiger partial charge >= 0.3 is 0 Å². The third-order valence-electron chi connectivity index (χ3n) is 1.98. The molecular formula is C13H18O. The lowest BCUT2D eigenvalue weighted by molar-refractivity contribution is 0.475. The second kappa shape index (κ2) is 4.85. The molecule has 0 N–H and O–H groups in total. The number of rotatable bonds is 3. The summed E-state index contributed by atoms with van der Waals surface area (Å²) in [4.78, 5) is 0. The van der Waals surface area contributed by atoms with E-state index in [9.17, 15) is 0 Å². The quantitative estimate of drug-likeness (QED) is 0.652. The van der Waals surface area contributed by atoms with Crippen molar-refractivity contribution in [3.63, 3.8) is 0 Å². The summed E-state index contributed by atoms with van der Waals surface area (Å²) in [6, 6.07) is 8.24. The highest BCUT2D eigenvalue weighted by molar-refractivity contribution is 5.29. The average Bonchev–Trinajstić information content (AvgIpc) is 2.15. The Kier molecular flexibility index (Phi) is 3.75. The Bertz CT molecular complexity index is 303. The van der Waals surface area contributed by atoms with Gasteiger partial charge in [-0.15, -0.1) is 0 Å². The van der Waals surface area contributed by atoms with Gasteiger partial charge in [0.15, 0.2) is 0 Å². The summed E-state index contributed by atoms with van der Waals surface area (Å²) in [5, 5.41) is 0. The average molecular weight is 190 g/mol. The Balaban J connectivity index is 2.69. The van der Waals surface area contributed by atoms with Crippen LogP contribution in [-0.4, -0.2) is 0 Å². The van der Waals surface area contributed by atoms with Crippen LogP contribution in [0.1, 0.15) is 39.2 Å². The van der Waals surface area contributed by atoms with Gasteiger partial charge in [0.1, 0.15) is 5.75 Å². The van der Waals surface area contributed by atoms with Crippen molar-refractivity contribution in [1.82, 2.24) is 0 Å². The first-order valence-electron chi connectivity index (χ1n) is 4.99. The van der Waals surface area contributed by atoms with Crippen molar-refractivity contribution in [2.75, 3.05) is 0 Å². The van der Waals surface area contributed by atoms with Crippen molar-refractivity contribution in [3.05, 3.63) is 41.7 Å². The molecule has 1 rings (SSSR count). The molecule has 76 valence electrons. The molecule has 0 atom stereocenters. The third kappa shape index (κ3) is 3.25. The van der Waals surface area contributed by atoms with Crippen LogP contribution in [0.2, 0.25) is 0 Å². The maximum Gasteiger partial charge on any atom is 0.126 e. The molecule has 0 aliphatic rings. The van der Waals surface area contributed by atoms with Crippen LogP contribution >= 0.6 is 0 Å². The molecule has 0 radical (unpaired) electrons. The fourth-order valence-corrected chi connectivity index (χ4v) is 1.12. The van der Waals surface area contributed by atoms with Crippen LogP contribution in [0.5, 0.6) is 5.75 Å². The number of benzene rings is 1. The molecule has 0 bridgehead atoms. The van der Waals surface area contributed by atoms with Gasteiger partial charge in [-0.1, -0.05) is 26.0 Å². The van der Waals surface area contributed by atoms with Crippen molar-refractivity contribution in [2.45, 2.75) is 33.6 Å². The topological polar surface area (TPSA) is 9.23 Å². The summed E-state index contributed by atoms with van der Waals surface area (Å²) in [5.74, 6) is 1.48. The van der Waals surface area contributed by atoms with Crippen molar-refractivity contribution in [2.24, 2.45) is 0 Å². The molecule has 0 saturated carbocycles. The van der Waals surface area contributed by atoms with Crippen LogP contribution in [0.15, 0.2) is 36.1 Å². The van der Waals surface area contributed by atoms with Gasteiger partial charge in [-0.05, 0) is 43.0 Å². The van der Waals surface area contributed by atoms with Crippen molar-refractivity contribution in [1.29, 1.82) is 0 Å². The molecule has 0 aromatic heterocycles. The van der Waals surface area contributed by atoms with E-state index in [0.29, 0.717) is 5.92 Å². The lowest BCUT2D eigenvalue weighted by atomic mass is 10.0. The molecule has 1 nitrogen and oxygen atoms in total. The van der Waals surface area contributed by atoms with Gasteiger partial charge in [0.25, 0.3) is 0 Å². The van der Waals surface area contributed by atoms with Gasteiger partial charge in [-0.2, -0.15) is 0 Å². The molecular weight excluding hydrogens is 172 g/mol. The molecule has 0 heterocycles. The van der Waals surface area contributed by atoms with Crippen molar-refractivity contribution in [3.8, 4) is 5.75 Å². The van der Waals surface area contributed by atoms with Crippen LogP contribution in [0.25, 0.3) is 0 Å². The van der Waals surface area contributed by atoms with Crippen LogP contribution < -0.4 is 4.74 Å². The Morgan fingerprint density at radius 2 is 1.71 bits per heavy atom. The SMILES string of the molecule is CC(C)=COc1ccc(C(C)C)cc1. The lowest BCUT2D eigenvalue weighted by Gasteiger charge is -2.06. The van der Waals surface area contributed by atoms with Gasteiger partial charge in [0, 0.05) is 0 Å². The lowest BCUT2D eigenvalue weighted by Crippen LogP contribution is -1.88. The summed E-state index contributed by atoms with van der Waals surface area (Å²) >= 11 is 0. The Labute approximate surface area is 86.4 Å². The van der Waals surface area contributed by atoms with Crippen LogP contribution in [-0.2, 0) is 0 Å². The van der Waals surface area contributed by atoms with Gasteiger partial charge in [-0.3, -0.25) is 0 Å². The fourth-order valence-electron chi connectivity index (χ4n) is 1.12. The summed E-state index contributed by atoms with van der Waals surface area (Å²) < 4.78 is 5.44. The molecule has 0 amide bonds. The summed E-state index contributed by atoms with van der Waals surface area (Å²) in [5.41, 5.74) is 2.51. The second-order valence-corrected chi connectivity index (χ2v) is 4.04. The molecule has 14 heavy (non-hydrogen) atoms. The van der Waals surface area contributed by atoms with Gasteiger partial charge in [-0.25, -0.2) is 0 Å². The maximum atomic E-state index is 5.44. The number of allylic oxidation sites excluding steroid dienone is 1. The molecule has 0 saturated heterocycles. The minimum atomic E-state index is 0.576. The van der Waals surface area contributed by atoms with Crippen molar-refractivity contribution >= 4 is 0 Å². The van der Waals surface area contributed by atoms with E-state index in [0.717, 1.165) is 11.3 Å². The molecule has 0 spiro atoms. The first-order valence-corrected chi connectivity index (χ1v) is 4.99. The predicted octanol–water partition coefficient (Wildman–Crippen LogP) is 4.11. The fraction of sp³-hybridized carbons (Fsp3) is 0.385.